The summed E-state index contributed by atoms with van der Waals surface area (Å²) in [5, 5.41) is 6.13. The zero-order valence-electron chi connectivity index (χ0n) is 10.5. The van der Waals surface area contributed by atoms with E-state index in [0.717, 1.165) is 37.2 Å². The molecule has 0 aliphatic carbocycles. The lowest BCUT2D eigenvalue weighted by Crippen LogP contribution is -2.43. The van der Waals surface area contributed by atoms with E-state index in [9.17, 15) is 4.79 Å². The van der Waals surface area contributed by atoms with Crippen molar-refractivity contribution in [2.24, 2.45) is 0 Å². The summed E-state index contributed by atoms with van der Waals surface area (Å²) in [5.74, 6) is 1.43. The van der Waals surface area contributed by atoms with E-state index in [0.29, 0.717) is 5.75 Å². The molecule has 2 N–H and O–H groups in total. The number of piperidine rings is 1. The molecule has 104 valence electrons. The number of carbonyl (C=O) groups is 1. The second kappa shape index (κ2) is 6.12. The van der Waals surface area contributed by atoms with Crippen molar-refractivity contribution in [2.75, 3.05) is 18.7 Å². The third-order valence-electron chi connectivity index (χ3n) is 3.27. The molecule has 19 heavy (non-hydrogen) atoms. The Morgan fingerprint density at radius 3 is 2.89 bits per heavy atom. The van der Waals surface area contributed by atoms with E-state index in [1.165, 1.54) is 0 Å². The third-order valence-corrected chi connectivity index (χ3v) is 3.27. The predicted molar refractivity (Wildman–Crippen MR) is 74.1 cm³/mol. The van der Waals surface area contributed by atoms with Crippen LogP contribution in [0.15, 0.2) is 18.2 Å². The van der Waals surface area contributed by atoms with Crippen LogP contribution < -0.4 is 20.1 Å². The fourth-order valence-electron chi connectivity index (χ4n) is 2.28. The second-order valence-electron chi connectivity index (χ2n) is 4.56. The molecule has 5 nitrogen and oxygen atoms in total. The molecule has 1 saturated heterocycles. The lowest BCUT2D eigenvalue weighted by atomic mass is 10.0. The van der Waals surface area contributed by atoms with Crippen molar-refractivity contribution in [1.82, 2.24) is 5.32 Å². The lowest BCUT2D eigenvalue weighted by Gasteiger charge is -2.22. The third kappa shape index (κ3) is 3.11. The van der Waals surface area contributed by atoms with Gasteiger partial charge >= 0.3 is 0 Å². The minimum atomic E-state index is -0.0795. The van der Waals surface area contributed by atoms with Gasteiger partial charge in [0.25, 0.3) is 0 Å². The monoisotopic (exact) mass is 284 g/mol. The molecule has 1 atom stereocenters. The van der Waals surface area contributed by atoms with Crippen LogP contribution in [0.25, 0.3) is 0 Å². The van der Waals surface area contributed by atoms with E-state index < -0.39 is 0 Å². The smallest absolute Gasteiger partial charge is 0.241 e. The van der Waals surface area contributed by atoms with Crippen molar-refractivity contribution in [3.05, 3.63) is 18.2 Å². The highest BCUT2D eigenvalue weighted by Gasteiger charge is 2.21. The maximum absolute atomic E-state index is 12.0. The van der Waals surface area contributed by atoms with E-state index in [-0.39, 0.29) is 31.1 Å². The first-order valence-corrected chi connectivity index (χ1v) is 6.27. The number of ether oxygens (including phenoxy) is 2. The van der Waals surface area contributed by atoms with Crippen LogP contribution in [0.1, 0.15) is 19.3 Å². The summed E-state index contributed by atoms with van der Waals surface area (Å²) in [4.78, 5) is 12.0. The van der Waals surface area contributed by atoms with E-state index in [1.54, 1.807) is 6.07 Å². The molecule has 2 aliphatic rings. The van der Waals surface area contributed by atoms with E-state index >= 15 is 0 Å². The summed E-state index contributed by atoms with van der Waals surface area (Å²) < 4.78 is 10.5. The van der Waals surface area contributed by atoms with Crippen LogP contribution in [0.4, 0.5) is 5.69 Å². The van der Waals surface area contributed by atoms with Crippen LogP contribution in [0.3, 0.4) is 0 Å². The molecule has 1 unspecified atom stereocenters. The van der Waals surface area contributed by atoms with Gasteiger partial charge < -0.3 is 20.1 Å². The molecule has 2 aliphatic heterocycles. The van der Waals surface area contributed by atoms with Crippen LogP contribution >= 0.6 is 12.4 Å². The Morgan fingerprint density at radius 1 is 1.26 bits per heavy atom. The Hall–Kier alpha value is -1.46. The van der Waals surface area contributed by atoms with Crippen LogP contribution in [0.5, 0.6) is 11.5 Å². The quantitative estimate of drug-likeness (QED) is 0.871. The Kier molecular flexibility index (Phi) is 4.50. The number of carbonyl (C=O) groups excluding carboxylic acids is 1. The molecule has 0 bridgehead atoms. The Labute approximate surface area is 118 Å². The highest BCUT2D eigenvalue weighted by Crippen LogP contribution is 2.34. The number of hydrogen-bond acceptors (Lipinski definition) is 4. The van der Waals surface area contributed by atoms with Gasteiger partial charge in [-0.05, 0) is 31.5 Å². The molecule has 0 radical (unpaired) electrons. The molecule has 1 fully saturated rings. The number of nitrogens with one attached hydrogen (secondary N) is 2. The maximum atomic E-state index is 12.0. The van der Waals surface area contributed by atoms with E-state index in [1.807, 2.05) is 12.1 Å². The zero-order valence-corrected chi connectivity index (χ0v) is 11.3. The normalized spacial score (nSPS) is 20.5. The average molecular weight is 285 g/mol. The van der Waals surface area contributed by atoms with Gasteiger partial charge in [0.1, 0.15) is 0 Å². The number of anilines is 1. The number of amides is 1. The van der Waals surface area contributed by atoms with Crippen molar-refractivity contribution in [3.8, 4) is 11.5 Å². The van der Waals surface area contributed by atoms with Gasteiger partial charge in [-0.2, -0.15) is 0 Å². The summed E-state index contributed by atoms with van der Waals surface area (Å²) in [6.07, 6.45) is 3.15. The van der Waals surface area contributed by atoms with Gasteiger partial charge in [0.2, 0.25) is 12.7 Å². The fraction of sp³-hybridized carbons (Fsp3) is 0.462. The topological polar surface area (TPSA) is 59.6 Å². The van der Waals surface area contributed by atoms with Crippen molar-refractivity contribution in [3.63, 3.8) is 0 Å². The van der Waals surface area contributed by atoms with E-state index in [2.05, 4.69) is 10.6 Å². The summed E-state index contributed by atoms with van der Waals surface area (Å²) in [7, 11) is 0. The molecule has 0 spiro atoms. The molecule has 1 amide bonds. The van der Waals surface area contributed by atoms with Crippen LogP contribution in [0, 0.1) is 0 Å². The fourth-order valence-corrected chi connectivity index (χ4v) is 2.28. The molecule has 6 heteroatoms. The summed E-state index contributed by atoms with van der Waals surface area (Å²) in [5.41, 5.74) is 0.747. The van der Waals surface area contributed by atoms with Gasteiger partial charge in [0.05, 0.1) is 6.04 Å². The largest absolute Gasteiger partial charge is 0.454 e. The van der Waals surface area contributed by atoms with Crippen molar-refractivity contribution in [2.45, 2.75) is 25.3 Å². The van der Waals surface area contributed by atoms with Gasteiger partial charge in [-0.15, -0.1) is 12.4 Å². The van der Waals surface area contributed by atoms with Crippen LogP contribution in [-0.4, -0.2) is 25.3 Å². The van der Waals surface area contributed by atoms with Gasteiger partial charge in [0, 0.05) is 11.8 Å². The first-order chi connectivity index (χ1) is 8.83. The lowest BCUT2D eigenvalue weighted by molar-refractivity contribution is -0.118. The minimum absolute atomic E-state index is 0. The zero-order chi connectivity index (χ0) is 12.4. The second-order valence-corrected chi connectivity index (χ2v) is 4.56. The molecule has 2 heterocycles. The molecular formula is C13H17ClN2O3. The standard InChI is InChI=1S/C13H16N2O3.ClH/c16-13(10-3-1-2-6-14-10)15-9-4-5-11-12(7-9)18-8-17-11;/h4-5,7,10,14H,1-3,6,8H2,(H,15,16);1H. The summed E-state index contributed by atoms with van der Waals surface area (Å²) in [6, 6.07) is 5.35. The Balaban J connectivity index is 0.00000133. The van der Waals surface area contributed by atoms with Gasteiger partial charge in [-0.25, -0.2) is 0 Å². The average Bonchev–Trinajstić information content (AvgIpc) is 2.87. The van der Waals surface area contributed by atoms with Gasteiger partial charge in [0.15, 0.2) is 11.5 Å². The molecular weight excluding hydrogens is 268 g/mol. The highest BCUT2D eigenvalue weighted by atomic mass is 35.5. The van der Waals surface area contributed by atoms with Crippen LogP contribution in [-0.2, 0) is 4.79 Å². The maximum Gasteiger partial charge on any atom is 0.241 e. The highest BCUT2D eigenvalue weighted by molar-refractivity contribution is 5.95. The first kappa shape index (κ1) is 14.0. The van der Waals surface area contributed by atoms with Crippen molar-refractivity contribution >= 4 is 24.0 Å². The van der Waals surface area contributed by atoms with E-state index in [4.69, 9.17) is 9.47 Å². The van der Waals surface area contributed by atoms with Crippen molar-refractivity contribution < 1.29 is 14.3 Å². The Morgan fingerprint density at radius 2 is 2.11 bits per heavy atom. The number of benzene rings is 1. The number of rotatable bonds is 2. The SMILES string of the molecule is Cl.O=C(Nc1ccc2c(c1)OCO2)C1CCCCN1. The molecule has 0 saturated carbocycles. The van der Waals surface area contributed by atoms with Gasteiger partial charge in [-0.1, -0.05) is 6.42 Å². The number of halogens is 1. The molecule has 1 aromatic carbocycles. The predicted octanol–water partition coefficient (Wildman–Crippen LogP) is 1.92. The summed E-state index contributed by atoms with van der Waals surface area (Å²) in [6.45, 7) is 1.16. The number of hydrogen-bond donors (Lipinski definition) is 2. The molecule has 3 rings (SSSR count). The van der Waals surface area contributed by atoms with Gasteiger partial charge in [-0.3, -0.25) is 4.79 Å². The first-order valence-electron chi connectivity index (χ1n) is 6.27. The molecule has 1 aromatic rings. The number of fused-ring (bicyclic) bond motifs is 1. The van der Waals surface area contributed by atoms with Crippen LogP contribution in [0.2, 0.25) is 0 Å². The summed E-state index contributed by atoms with van der Waals surface area (Å²) >= 11 is 0. The minimum Gasteiger partial charge on any atom is -0.454 e. The molecule has 0 aromatic heterocycles. The Bertz CT molecular complexity index is 461. The van der Waals surface area contributed by atoms with Crippen molar-refractivity contribution in [1.29, 1.82) is 0 Å².